The summed E-state index contributed by atoms with van der Waals surface area (Å²) in [6, 6.07) is 3.72. The average molecular weight is 187 g/mol. The maximum Gasteiger partial charge on any atom is 0.104 e. The minimum absolute atomic E-state index is 0.150. The number of hydrogen-bond donors (Lipinski definition) is 2. The Kier molecular flexibility index (Phi) is 4.00. The normalized spacial score (nSPS) is 8.29. The van der Waals surface area contributed by atoms with Crippen LogP contribution >= 0.6 is 0 Å². The van der Waals surface area contributed by atoms with Crippen LogP contribution in [0.2, 0.25) is 0 Å². The van der Waals surface area contributed by atoms with Gasteiger partial charge in [-0.15, -0.1) is 0 Å². The van der Waals surface area contributed by atoms with Crippen molar-refractivity contribution < 1.29 is 5.11 Å². The number of anilines is 1. The lowest BCUT2D eigenvalue weighted by Crippen LogP contribution is -2.01. The van der Waals surface area contributed by atoms with E-state index >= 15 is 0 Å². The van der Waals surface area contributed by atoms with Crippen LogP contribution in [0.5, 0.6) is 0 Å². The third kappa shape index (κ3) is 2.78. The molecule has 0 spiro atoms. The molecule has 70 valence electrons. The van der Waals surface area contributed by atoms with Crippen molar-refractivity contribution in [2.45, 2.75) is 0 Å². The summed E-state index contributed by atoms with van der Waals surface area (Å²) in [7, 11) is 0. The third-order valence-electron chi connectivity index (χ3n) is 1.51. The molecule has 0 fully saturated rings. The van der Waals surface area contributed by atoms with Crippen molar-refractivity contribution in [2.75, 3.05) is 18.5 Å². The number of nitriles is 1. The van der Waals surface area contributed by atoms with Gasteiger partial charge in [-0.1, -0.05) is 11.8 Å². The molecule has 4 heteroatoms. The van der Waals surface area contributed by atoms with Gasteiger partial charge < -0.3 is 10.4 Å². The highest BCUT2D eigenvalue weighted by Gasteiger charge is 1.97. The van der Waals surface area contributed by atoms with E-state index in [1.807, 2.05) is 6.07 Å². The zero-order valence-electron chi connectivity index (χ0n) is 7.49. The Hall–Kier alpha value is -2.04. The Morgan fingerprint density at radius 1 is 1.50 bits per heavy atom. The highest BCUT2D eigenvalue weighted by Crippen LogP contribution is 2.10. The number of aromatic nitrogens is 1. The van der Waals surface area contributed by atoms with E-state index in [0.717, 1.165) is 0 Å². The second-order valence-electron chi connectivity index (χ2n) is 2.40. The molecular weight excluding hydrogens is 178 g/mol. The van der Waals surface area contributed by atoms with Crippen molar-refractivity contribution in [1.82, 2.24) is 4.98 Å². The summed E-state index contributed by atoms with van der Waals surface area (Å²) in [6.45, 7) is 0.252. The number of nitrogens with zero attached hydrogens (tertiary/aromatic N) is 2. The van der Waals surface area contributed by atoms with Gasteiger partial charge in [0.1, 0.15) is 12.7 Å². The van der Waals surface area contributed by atoms with Crippen LogP contribution in [-0.2, 0) is 0 Å². The Balaban J connectivity index is 2.63. The molecule has 0 atom stereocenters. The lowest BCUT2D eigenvalue weighted by Gasteiger charge is -2.02. The molecule has 0 aliphatic rings. The molecule has 0 aliphatic carbocycles. The van der Waals surface area contributed by atoms with Crippen LogP contribution in [0.1, 0.15) is 5.56 Å². The summed E-state index contributed by atoms with van der Waals surface area (Å²) in [5, 5.41) is 20.1. The van der Waals surface area contributed by atoms with E-state index in [1.165, 1.54) is 6.20 Å². The van der Waals surface area contributed by atoms with Gasteiger partial charge in [-0.05, 0) is 6.07 Å². The second-order valence-corrected chi connectivity index (χ2v) is 2.40. The summed E-state index contributed by atoms with van der Waals surface area (Å²) in [6.07, 6.45) is 3.09. The van der Waals surface area contributed by atoms with Crippen molar-refractivity contribution in [2.24, 2.45) is 0 Å². The van der Waals surface area contributed by atoms with E-state index in [1.54, 1.807) is 12.3 Å². The van der Waals surface area contributed by atoms with Crippen molar-refractivity contribution >= 4 is 5.69 Å². The highest BCUT2D eigenvalue weighted by molar-refractivity contribution is 5.56. The van der Waals surface area contributed by atoms with E-state index in [0.29, 0.717) is 17.8 Å². The summed E-state index contributed by atoms with van der Waals surface area (Å²) in [4.78, 5) is 3.82. The van der Waals surface area contributed by atoms with Gasteiger partial charge in [0.15, 0.2) is 0 Å². The molecule has 14 heavy (non-hydrogen) atoms. The van der Waals surface area contributed by atoms with Crippen molar-refractivity contribution in [3.05, 3.63) is 24.0 Å². The van der Waals surface area contributed by atoms with E-state index in [9.17, 15) is 0 Å². The third-order valence-corrected chi connectivity index (χ3v) is 1.51. The molecule has 4 nitrogen and oxygen atoms in total. The second kappa shape index (κ2) is 5.58. The highest BCUT2D eigenvalue weighted by atomic mass is 16.2. The molecule has 0 aliphatic heterocycles. The molecule has 0 amide bonds. The molecule has 0 saturated carbocycles. The molecule has 0 bridgehead atoms. The number of aliphatic hydroxyl groups is 1. The SMILES string of the molecule is N#Cc1cnccc1NCC#CCO. The first-order valence-electron chi connectivity index (χ1n) is 4.03. The fourth-order valence-electron chi connectivity index (χ4n) is 0.896. The Labute approximate surface area is 82.2 Å². The first-order valence-corrected chi connectivity index (χ1v) is 4.03. The Morgan fingerprint density at radius 2 is 2.36 bits per heavy atom. The van der Waals surface area contributed by atoms with E-state index in [2.05, 4.69) is 22.1 Å². The van der Waals surface area contributed by atoms with Gasteiger partial charge in [0.05, 0.1) is 17.8 Å². The minimum atomic E-state index is -0.150. The van der Waals surface area contributed by atoms with E-state index < -0.39 is 0 Å². The van der Waals surface area contributed by atoms with Crippen molar-refractivity contribution in [1.29, 1.82) is 5.26 Å². The number of aliphatic hydroxyl groups excluding tert-OH is 1. The topological polar surface area (TPSA) is 68.9 Å². The Morgan fingerprint density at radius 3 is 3.07 bits per heavy atom. The molecule has 0 aromatic carbocycles. The number of hydrogen-bond acceptors (Lipinski definition) is 4. The van der Waals surface area contributed by atoms with Crippen LogP contribution in [0.3, 0.4) is 0 Å². The molecule has 1 rings (SSSR count). The maximum atomic E-state index is 8.72. The molecule has 1 aromatic heterocycles. The number of rotatable bonds is 2. The van der Waals surface area contributed by atoms with Crippen LogP contribution in [-0.4, -0.2) is 23.2 Å². The van der Waals surface area contributed by atoms with Gasteiger partial charge in [-0.3, -0.25) is 4.98 Å². The molecule has 1 heterocycles. The fraction of sp³-hybridized carbons (Fsp3) is 0.200. The minimum Gasteiger partial charge on any atom is -0.384 e. The Bertz CT molecular complexity index is 398. The summed E-state index contributed by atoms with van der Waals surface area (Å²) < 4.78 is 0. The lowest BCUT2D eigenvalue weighted by molar-refractivity contribution is 0.350. The smallest absolute Gasteiger partial charge is 0.104 e. The monoisotopic (exact) mass is 187 g/mol. The van der Waals surface area contributed by atoms with Crippen LogP contribution in [0.4, 0.5) is 5.69 Å². The average Bonchev–Trinajstić information content (AvgIpc) is 2.25. The van der Waals surface area contributed by atoms with Gasteiger partial charge in [0.2, 0.25) is 0 Å². The molecule has 1 aromatic rings. The van der Waals surface area contributed by atoms with Crippen LogP contribution in [0.15, 0.2) is 18.5 Å². The number of pyridine rings is 1. The van der Waals surface area contributed by atoms with Crippen LogP contribution < -0.4 is 5.32 Å². The van der Waals surface area contributed by atoms with Gasteiger partial charge in [0.25, 0.3) is 0 Å². The van der Waals surface area contributed by atoms with E-state index in [4.69, 9.17) is 10.4 Å². The van der Waals surface area contributed by atoms with E-state index in [-0.39, 0.29) is 6.61 Å². The quantitative estimate of drug-likeness (QED) is 0.656. The van der Waals surface area contributed by atoms with Gasteiger partial charge in [-0.25, -0.2) is 0 Å². The summed E-state index contributed by atoms with van der Waals surface area (Å²) in [5.74, 6) is 5.19. The standard InChI is InChI=1S/C10H9N3O/c11-7-9-8-12-5-3-10(9)13-4-1-2-6-14/h3,5,8,14H,4,6H2,(H,12,13). The predicted molar refractivity (Wildman–Crippen MR) is 52.3 cm³/mol. The molecule has 0 saturated heterocycles. The maximum absolute atomic E-state index is 8.72. The molecule has 2 N–H and O–H groups in total. The predicted octanol–water partition coefficient (Wildman–Crippen LogP) is 0.361. The summed E-state index contributed by atoms with van der Waals surface area (Å²) >= 11 is 0. The first kappa shape index (κ1) is 10.0. The lowest BCUT2D eigenvalue weighted by atomic mass is 10.2. The van der Waals surface area contributed by atoms with Crippen molar-refractivity contribution in [3.63, 3.8) is 0 Å². The zero-order valence-corrected chi connectivity index (χ0v) is 7.49. The molecule has 0 radical (unpaired) electrons. The first-order chi connectivity index (χ1) is 6.88. The number of nitrogens with one attached hydrogen (secondary N) is 1. The van der Waals surface area contributed by atoms with Gasteiger partial charge >= 0.3 is 0 Å². The fourth-order valence-corrected chi connectivity index (χ4v) is 0.896. The summed E-state index contributed by atoms with van der Waals surface area (Å²) in [5.41, 5.74) is 1.19. The molecular formula is C10H9N3O. The van der Waals surface area contributed by atoms with Gasteiger partial charge in [-0.2, -0.15) is 5.26 Å². The van der Waals surface area contributed by atoms with Crippen LogP contribution in [0, 0.1) is 23.2 Å². The molecule has 0 unspecified atom stereocenters. The largest absolute Gasteiger partial charge is 0.384 e. The van der Waals surface area contributed by atoms with Crippen molar-refractivity contribution in [3.8, 4) is 17.9 Å². The van der Waals surface area contributed by atoms with Crippen LogP contribution in [0.25, 0.3) is 0 Å². The van der Waals surface area contributed by atoms with Gasteiger partial charge in [0, 0.05) is 12.4 Å². The zero-order chi connectivity index (χ0) is 10.2.